The predicted octanol–water partition coefficient (Wildman–Crippen LogP) is 2.59. The molecule has 0 fully saturated rings. The molecule has 108 valence electrons. The maximum Gasteiger partial charge on any atom is 0.275 e. The van der Waals surface area contributed by atoms with Crippen LogP contribution in [0.3, 0.4) is 0 Å². The van der Waals surface area contributed by atoms with Crippen LogP contribution in [0.2, 0.25) is 0 Å². The van der Waals surface area contributed by atoms with Crippen molar-refractivity contribution in [2.75, 3.05) is 4.83 Å². The zero-order valence-electron chi connectivity index (χ0n) is 11.3. The number of aromatic hydroxyl groups is 1. The highest BCUT2D eigenvalue weighted by atomic mass is 32.2. The average Bonchev–Trinajstić information content (AvgIpc) is 2.75. The highest BCUT2D eigenvalue weighted by Crippen LogP contribution is 2.24. The van der Waals surface area contributed by atoms with E-state index in [1.807, 2.05) is 19.1 Å². The molecular weight excluding hydrogens is 288 g/mol. The van der Waals surface area contributed by atoms with Gasteiger partial charge in [0.25, 0.3) is 10.0 Å². The number of sulfonamides is 1. The Kier molecular flexibility index (Phi) is 3.10. The van der Waals surface area contributed by atoms with Gasteiger partial charge in [-0.15, -0.1) is 0 Å². The van der Waals surface area contributed by atoms with Crippen molar-refractivity contribution in [2.24, 2.45) is 0 Å². The molecule has 0 saturated heterocycles. The fraction of sp³-hybridized carbons (Fsp3) is 0.0667. The second-order valence-corrected chi connectivity index (χ2v) is 6.47. The smallest absolute Gasteiger partial charge is 0.275 e. The van der Waals surface area contributed by atoms with Crippen molar-refractivity contribution in [1.29, 1.82) is 0 Å². The first-order valence-electron chi connectivity index (χ1n) is 6.36. The van der Waals surface area contributed by atoms with Gasteiger partial charge < -0.3 is 5.11 Å². The molecule has 0 radical (unpaired) electrons. The van der Waals surface area contributed by atoms with Crippen LogP contribution in [0.4, 0.5) is 0 Å². The van der Waals surface area contributed by atoms with E-state index < -0.39 is 10.0 Å². The van der Waals surface area contributed by atoms with Crippen LogP contribution in [-0.4, -0.2) is 18.2 Å². The minimum atomic E-state index is -3.77. The summed E-state index contributed by atoms with van der Waals surface area (Å²) in [5.41, 5.74) is 1.44. The second kappa shape index (κ2) is 4.82. The molecule has 0 unspecified atom stereocenters. The summed E-state index contributed by atoms with van der Waals surface area (Å²) >= 11 is 0. The quantitative estimate of drug-likeness (QED) is 0.781. The van der Waals surface area contributed by atoms with E-state index >= 15 is 0 Å². The summed E-state index contributed by atoms with van der Waals surface area (Å²) in [6, 6.07) is 15.2. The minimum Gasteiger partial charge on any atom is -0.493 e. The predicted molar refractivity (Wildman–Crippen MR) is 81.3 cm³/mol. The maximum atomic E-state index is 12.4. The average molecular weight is 302 g/mol. The molecule has 0 bridgehead atoms. The number of para-hydroxylation sites is 1. The SMILES string of the molecule is Cc1cccc(S(=O)(=O)Nn2c(O)cc3ccccc32)c1. The topological polar surface area (TPSA) is 71.3 Å². The van der Waals surface area contributed by atoms with Crippen molar-refractivity contribution in [1.82, 2.24) is 4.68 Å². The summed E-state index contributed by atoms with van der Waals surface area (Å²) in [5, 5.41) is 10.7. The van der Waals surface area contributed by atoms with Gasteiger partial charge in [-0.2, -0.15) is 8.42 Å². The number of nitrogens with zero attached hydrogens (tertiary/aromatic N) is 1. The molecular formula is C15H14N2O3S. The van der Waals surface area contributed by atoms with E-state index in [0.717, 1.165) is 15.6 Å². The number of aryl methyl sites for hydroxylation is 1. The lowest BCUT2D eigenvalue weighted by molar-refractivity contribution is 0.439. The van der Waals surface area contributed by atoms with Crippen LogP contribution in [0.15, 0.2) is 59.5 Å². The number of hydrogen-bond donors (Lipinski definition) is 2. The normalized spacial score (nSPS) is 11.7. The summed E-state index contributed by atoms with van der Waals surface area (Å²) in [7, 11) is -3.77. The van der Waals surface area contributed by atoms with Gasteiger partial charge in [0.15, 0.2) is 0 Å². The third-order valence-corrected chi connectivity index (χ3v) is 4.50. The highest BCUT2D eigenvalue weighted by molar-refractivity contribution is 7.92. The van der Waals surface area contributed by atoms with Gasteiger partial charge in [-0.25, -0.2) is 9.51 Å². The lowest BCUT2D eigenvalue weighted by Gasteiger charge is -2.11. The molecule has 6 heteroatoms. The van der Waals surface area contributed by atoms with Crippen LogP contribution in [0.1, 0.15) is 5.56 Å². The van der Waals surface area contributed by atoms with Gasteiger partial charge in [0.05, 0.1) is 10.4 Å². The molecule has 0 spiro atoms. The van der Waals surface area contributed by atoms with Crippen molar-refractivity contribution in [3.8, 4) is 5.88 Å². The Morgan fingerprint density at radius 1 is 1.05 bits per heavy atom. The first-order valence-corrected chi connectivity index (χ1v) is 7.85. The Morgan fingerprint density at radius 3 is 2.57 bits per heavy atom. The summed E-state index contributed by atoms with van der Waals surface area (Å²) in [6.45, 7) is 1.82. The molecule has 2 aromatic carbocycles. The first kappa shape index (κ1) is 13.5. The molecule has 1 heterocycles. The van der Waals surface area contributed by atoms with Gasteiger partial charge in [0.1, 0.15) is 0 Å². The number of nitrogens with one attached hydrogen (secondary N) is 1. The van der Waals surface area contributed by atoms with E-state index in [2.05, 4.69) is 4.83 Å². The van der Waals surface area contributed by atoms with Gasteiger partial charge in [0.2, 0.25) is 5.88 Å². The van der Waals surface area contributed by atoms with Crippen molar-refractivity contribution >= 4 is 20.9 Å². The monoisotopic (exact) mass is 302 g/mol. The van der Waals surface area contributed by atoms with Crippen LogP contribution < -0.4 is 4.83 Å². The largest absolute Gasteiger partial charge is 0.493 e. The van der Waals surface area contributed by atoms with Gasteiger partial charge in [-0.3, -0.25) is 0 Å². The molecule has 2 N–H and O–H groups in total. The molecule has 3 aromatic rings. The van der Waals surface area contributed by atoms with Gasteiger partial charge in [-0.05, 0) is 30.7 Å². The van der Waals surface area contributed by atoms with E-state index in [1.54, 1.807) is 30.3 Å². The maximum absolute atomic E-state index is 12.4. The molecule has 0 aliphatic heterocycles. The third kappa shape index (κ3) is 2.45. The number of rotatable bonds is 3. The van der Waals surface area contributed by atoms with Crippen molar-refractivity contribution in [3.05, 3.63) is 60.2 Å². The Labute approximate surface area is 122 Å². The summed E-state index contributed by atoms with van der Waals surface area (Å²) < 4.78 is 26.0. The molecule has 21 heavy (non-hydrogen) atoms. The Balaban J connectivity index is 2.07. The van der Waals surface area contributed by atoms with E-state index in [1.165, 1.54) is 12.1 Å². The van der Waals surface area contributed by atoms with Gasteiger partial charge >= 0.3 is 0 Å². The molecule has 5 nitrogen and oxygen atoms in total. The first-order chi connectivity index (χ1) is 9.97. The van der Waals surface area contributed by atoms with Crippen molar-refractivity contribution < 1.29 is 13.5 Å². The van der Waals surface area contributed by atoms with E-state index in [-0.39, 0.29) is 10.8 Å². The zero-order chi connectivity index (χ0) is 15.0. The summed E-state index contributed by atoms with van der Waals surface area (Å²) in [4.78, 5) is 2.54. The number of hydrogen-bond acceptors (Lipinski definition) is 3. The van der Waals surface area contributed by atoms with Crippen LogP contribution in [0.25, 0.3) is 10.9 Å². The Morgan fingerprint density at radius 2 is 1.81 bits per heavy atom. The molecule has 0 saturated carbocycles. The molecule has 0 atom stereocenters. The minimum absolute atomic E-state index is 0.152. The van der Waals surface area contributed by atoms with E-state index in [0.29, 0.717) is 5.52 Å². The van der Waals surface area contributed by atoms with Crippen LogP contribution in [0.5, 0.6) is 5.88 Å². The fourth-order valence-corrected chi connectivity index (χ4v) is 3.33. The number of benzene rings is 2. The molecule has 1 aromatic heterocycles. The zero-order valence-corrected chi connectivity index (χ0v) is 12.1. The number of fused-ring (bicyclic) bond motifs is 1. The van der Waals surface area contributed by atoms with Crippen molar-refractivity contribution in [3.63, 3.8) is 0 Å². The highest BCUT2D eigenvalue weighted by Gasteiger charge is 2.17. The van der Waals surface area contributed by atoms with Gasteiger partial charge in [-0.1, -0.05) is 30.3 Å². The second-order valence-electron chi connectivity index (χ2n) is 4.81. The fourth-order valence-electron chi connectivity index (χ4n) is 2.19. The third-order valence-electron chi connectivity index (χ3n) is 3.20. The van der Waals surface area contributed by atoms with Crippen LogP contribution >= 0.6 is 0 Å². The molecule has 0 aliphatic carbocycles. The van der Waals surface area contributed by atoms with Crippen LogP contribution in [-0.2, 0) is 10.0 Å². The Hall–Kier alpha value is -2.47. The van der Waals surface area contributed by atoms with Crippen LogP contribution in [0, 0.1) is 6.92 Å². The van der Waals surface area contributed by atoms with Crippen molar-refractivity contribution in [2.45, 2.75) is 11.8 Å². The standard InChI is InChI=1S/C15H14N2O3S/c1-11-5-4-7-13(9-11)21(19,20)16-17-14-8-3-2-6-12(14)10-15(17)18/h2-10,16,18H,1H3. The summed E-state index contributed by atoms with van der Waals surface area (Å²) in [5.74, 6) is -0.160. The number of aromatic nitrogens is 1. The molecule has 0 amide bonds. The lowest BCUT2D eigenvalue weighted by atomic mass is 10.2. The Bertz CT molecular complexity index is 914. The van der Waals surface area contributed by atoms with E-state index in [4.69, 9.17) is 0 Å². The lowest BCUT2D eigenvalue weighted by Crippen LogP contribution is -2.22. The molecule has 3 rings (SSSR count). The molecule has 0 aliphatic rings. The summed E-state index contributed by atoms with van der Waals surface area (Å²) in [6.07, 6.45) is 0. The van der Waals surface area contributed by atoms with E-state index in [9.17, 15) is 13.5 Å². The van der Waals surface area contributed by atoms with Gasteiger partial charge in [0, 0.05) is 11.5 Å².